The number of halogens is 18. The molecule has 0 aliphatic carbocycles. The predicted octanol–water partition coefficient (Wildman–Crippen LogP) is 8.34. The Kier molecular flexibility index (Phi) is 7.30. The van der Waals surface area contributed by atoms with Crippen LogP contribution in [0.1, 0.15) is 33.4 Å². The molecule has 4 N–H and O–H groups in total. The van der Waals surface area contributed by atoms with Gasteiger partial charge in [-0.25, -0.2) is 4.39 Å². The zero-order chi connectivity index (χ0) is 30.9. The summed E-state index contributed by atoms with van der Waals surface area (Å²) in [6, 6.07) is -4.50. The predicted molar refractivity (Wildman–Crippen MR) is 94.6 cm³/mol. The average Bonchev–Trinajstić information content (AvgIpc) is 2.69. The number of alkyl halides is 18. The Balaban J connectivity index is 3.31. The molecule has 2 nitrogen and oxygen atoms in total. The van der Waals surface area contributed by atoms with E-state index in [0.717, 1.165) is 0 Å². The molecule has 0 bridgehead atoms. The van der Waals surface area contributed by atoms with E-state index in [1.54, 1.807) is 0 Å². The summed E-state index contributed by atoms with van der Waals surface area (Å²) in [6.45, 7) is 0. The minimum atomic E-state index is -7.32. The largest absolute Gasteiger partial charge is 0.457 e. The molecule has 0 spiro atoms. The fourth-order valence-corrected chi connectivity index (χ4v) is 3.37. The lowest BCUT2D eigenvalue weighted by atomic mass is 9.79. The lowest BCUT2D eigenvalue weighted by Crippen LogP contribution is -2.53. The molecule has 0 aromatic heterocycles. The summed E-state index contributed by atoms with van der Waals surface area (Å²) in [5.74, 6) is -7.26. The average molecular weight is 606 g/mol. The van der Waals surface area contributed by atoms with E-state index in [1.807, 2.05) is 0 Å². The molecule has 0 fully saturated rings. The van der Waals surface area contributed by atoms with Gasteiger partial charge < -0.3 is 11.5 Å². The third kappa shape index (κ3) is 5.45. The van der Waals surface area contributed by atoms with Gasteiger partial charge in [-0.2, -0.15) is 74.6 Å². The molecule has 2 rings (SSSR count). The standard InChI is InChI=1S/C19H8F18N2/c20-13(18(33,34)19(35,36)37,5-1-7(14(21,22)23)11(38)8(2-5)15(24,25)26)6-3-9(16(27,28)29)12(39)10(4-6)17(30,31)32/h1-4H,38-39H2. The minimum absolute atomic E-state index is 1.12. The van der Waals surface area contributed by atoms with E-state index in [4.69, 9.17) is 11.5 Å². The quantitative estimate of drug-likeness (QED) is 0.273. The summed E-state index contributed by atoms with van der Waals surface area (Å²) in [6.07, 6.45) is -31.9. The van der Waals surface area contributed by atoms with Crippen LogP contribution in [-0.2, 0) is 30.4 Å². The topological polar surface area (TPSA) is 52.0 Å². The van der Waals surface area contributed by atoms with Crippen molar-refractivity contribution < 1.29 is 79.0 Å². The molecular formula is C19H8F18N2. The summed E-state index contributed by atoms with van der Waals surface area (Å²) in [5, 5.41) is 0. The van der Waals surface area contributed by atoms with Crippen molar-refractivity contribution in [1.82, 2.24) is 0 Å². The van der Waals surface area contributed by atoms with Crippen LogP contribution in [0.5, 0.6) is 0 Å². The van der Waals surface area contributed by atoms with Crippen molar-refractivity contribution >= 4 is 11.4 Å². The van der Waals surface area contributed by atoms with Crippen LogP contribution in [0.15, 0.2) is 24.3 Å². The van der Waals surface area contributed by atoms with E-state index in [1.165, 1.54) is 0 Å². The zero-order valence-corrected chi connectivity index (χ0v) is 17.8. The van der Waals surface area contributed by atoms with Crippen LogP contribution < -0.4 is 11.5 Å². The maximum absolute atomic E-state index is 16.0. The van der Waals surface area contributed by atoms with Gasteiger partial charge >= 0.3 is 36.8 Å². The summed E-state index contributed by atoms with van der Waals surface area (Å²) in [7, 11) is 0. The Hall–Kier alpha value is -3.22. The van der Waals surface area contributed by atoms with Gasteiger partial charge in [-0.15, -0.1) is 0 Å². The molecule has 0 atom stereocenters. The Morgan fingerprint density at radius 3 is 0.744 bits per heavy atom. The van der Waals surface area contributed by atoms with Gasteiger partial charge in [0, 0.05) is 11.1 Å². The van der Waals surface area contributed by atoms with E-state index in [-0.39, 0.29) is 0 Å². The molecule has 0 heterocycles. The van der Waals surface area contributed by atoms with Gasteiger partial charge in [0.15, 0.2) is 0 Å². The molecule has 0 aliphatic heterocycles. The molecule has 0 saturated heterocycles. The molecular weight excluding hydrogens is 598 g/mol. The van der Waals surface area contributed by atoms with E-state index < -0.39 is 111 Å². The third-order valence-electron chi connectivity index (χ3n) is 5.17. The van der Waals surface area contributed by atoms with Crippen LogP contribution in [-0.4, -0.2) is 12.1 Å². The number of benzene rings is 2. The molecule has 0 amide bonds. The van der Waals surface area contributed by atoms with Gasteiger partial charge in [0.05, 0.1) is 33.6 Å². The Morgan fingerprint density at radius 1 is 0.385 bits per heavy atom. The first-order valence-corrected chi connectivity index (χ1v) is 9.29. The SMILES string of the molecule is Nc1c(C(F)(F)F)cc(C(F)(c2cc(C(F)(F)F)c(N)c(C(F)(F)F)c2)C(F)(F)C(F)(F)F)cc1C(F)(F)F. The van der Waals surface area contributed by atoms with Crippen molar-refractivity contribution in [2.24, 2.45) is 0 Å². The maximum Gasteiger partial charge on any atom is 0.457 e. The maximum atomic E-state index is 16.0. The van der Waals surface area contributed by atoms with Gasteiger partial charge in [0.2, 0.25) is 5.67 Å². The van der Waals surface area contributed by atoms with Crippen molar-refractivity contribution in [3.63, 3.8) is 0 Å². The molecule has 2 aromatic rings. The van der Waals surface area contributed by atoms with Crippen molar-refractivity contribution in [2.45, 2.75) is 42.5 Å². The van der Waals surface area contributed by atoms with Gasteiger partial charge in [-0.3, -0.25) is 0 Å². The third-order valence-corrected chi connectivity index (χ3v) is 5.17. The zero-order valence-electron chi connectivity index (χ0n) is 17.8. The number of nitrogens with two attached hydrogens (primary N) is 2. The Morgan fingerprint density at radius 2 is 0.590 bits per heavy atom. The van der Waals surface area contributed by atoms with Crippen LogP contribution in [0.3, 0.4) is 0 Å². The number of anilines is 2. The van der Waals surface area contributed by atoms with Gasteiger partial charge in [-0.1, -0.05) is 0 Å². The second-order valence-electron chi connectivity index (χ2n) is 7.69. The lowest BCUT2D eigenvalue weighted by molar-refractivity contribution is -0.323. The molecule has 20 heteroatoms. The highest BCUT2D eigenvalue weighted by Crippen LogP contribution is 2.57. The van der Waals surface area contributed by atoms with Crippen LogP contribution in [0.4, 0.5) is 90.4 Å². The van der Waals surface area contributed by atoms with Crippen LogP contribution >= 0.6 is 0 Å². The first kappa shape index (κ1) is 32.0. The second-order valence-corrected chi connectivity index (χ2v) is 7.69. The fraction of sp³-hybridized carbons (Fsp3) is 0.368. The highest BCUT2D eigenvalue weighted by molar-refractivity contribution is 5.63. The highest BCUT2D eigenvalue weighted by Gasteiger charge is 2.73. The molecule has 0 radical (unpaired) electrons. The first-order valence-electron chi connectivity index (χ1n) is 9.29. The van der Waals surface area contributed by atoms with Gasteiger partial charge in [-0.05, 0) is 24.3 Å². The normalized spacial score (nSPS) is 14.6. The second kappa shape index (κ2) is 8.90. The van der Waals surface area contributed by atoms with Gasteiger partial charge in [0.25, 0.3) is 0 Å². The van der Waals surface area contributed by atoms with Crippen molar-refractivity contribution in [2.75, 3.05) is 11.5 Å². The van der Waals surface area contributed by atoms with Crippen LogP contribution in [0.2, 0.25) is 0 Å². The molecule has 0 saturated carbocycles. The minimum Gasteiger partial charge on any atom is -0.398 e. The van der Waals surface area contributed by atoms with Crippen molar-refractivity contribution in [3.05, 3.63) is 57.6 Å². The van der Waals surface area contributed by atoms with Crippen LogP contribution in [0.25, 0.3) is 0 Å². The summed E-state index contributed by atoms with van der Waals surface area (Å²) < 4.78 is 245. The molecule has 0 unspecified atom stereocenters. The lowest BCUT2D eigenvalue weighted by Gasteiger charge is -2.37. The Bertz CT molecular complexity index is 1090. The van der Waals surface area contributed by atoms with Crippen LogP contribution in [0, 0.1) is 0 Å². The number of hydrogen-bond acceptors (Lipinski definition) is 2. The molecule has 220 valence electrons. The molecule has 39 heavy (non-hydrogen) atoms. The smallest absolute Gasteiger partial charge is 0.398 e. The molecule has 0 aliphatic rings. The van der Waals surface area contributed by atoms with E-state index >= 15 is 4.39 Å². The van der Waals surface area contributed by atoms with E-state index in [0.29, 0.717) is 0 Å². The fourth-order valence-electron chi connectivity index (χ4n) is 3.37. The number of rotatable bonds is 3. The molecule has 2 aromatic carbocycles. The van der Waals surface area contributed by atoms with E-state index in [9.17, 15) is 74.6 Å². The number of hydrogen-bond donors (Lipinski definition) is 2. The van der Waals surface area contributed by atoms with E-state index in [2.05, 4.69) is 0 Å². The summed E-state index contributed by atoms with van der Waals surface area (Å²) in [4.78, 5) is 0. The summed E-state index contributed by atoms with van der Waals surface area (Å²) >= 11 is 0. The van der Waals surface area contributed by atoms with Crippen molar-refractivity contribution in [1.29, 1.82) is 0 Å². The number of nitrogen functional groups attached to an aromatic ring is 2. The first-order chi connectivity index (χ1) is 17.0. The Labute approximate surface area is 203 Å². The van der Waals surface area contributed by atoms with Crippen molar-refractivity contribution in [3.8, 4) is 0 Å². The monoisotopic (exact) mass is 606 g/mol. The highest BCUT2D eigenvalue weighted by atomic mass is 19.4. The van der Waals surface area contributed by atoms with Gasteiger partial charge in [0.1, 0.15) is 0 Å². The summed E-state index contributed by atoms with van der Waals surface area (Å²) in [5.41, 5.74) is -19.1.